The molecule has 0 saturated carbocycles. The minimum atomic E-state index is -4.39. The molecule has 0 fully saturated rings. The molecule has 1 aromatic heterocycles. The van der Waals surface area contributed by atoms with Gasteiger partial charge in [0.25, 0.3) is 0 Å². The van der Waals surface area contributed by atoms with Crippen LogP contribution in [-0.2, 0) is 12.8 Å². The van der Waals surface area contributed by atoms with Gasteiger partial charge in [-0.3, -0.25) is 0 Å². The number of fused-ring (bicyclic) bond motifs is 1. The van der Waals surface area contributed by atoms with E-state index in [-0.39, 0.29) is 12.3 Å². The summed E-state index contributed by atoms with van der Waals surface area (Å²) in [6, 6.07) is 12.8. The SMILES string of the molecule is COc1cc2c(Nc3ccc(C)cc3F)ncnc2cc1OCc1ccc(C(F)(F)F)cc1. The second-order valence-electron chi connectivity index (χ2n) is 7.33. The molecule has 0 aliphatic heterocycles. The molecule has 4 rings (SSSR count). The van der Waals surface area contributed by atoms with Crippen molar-refractivity contribution in [3.05, 3.63) is 83.4 Å². The number of aryl methyl sites for hydroxylation is 1. The summed E-state index contributed by atoms with van der Waals surface area (Å²) in [5, 5.41) is 3.55. The molecule has 1 N–H and O–H groups in total. The van der Waals surface area contributed by atoms with Crippen LogP contribution in [0.1, 0.15) is 16.7 Å². The van der Waals surface area contributed by atoms with Crippen LogP contribution in [0, 0.1) is 12.7 Å². The largest absolute Gasteiger partial charge is 0.493 e. The summed E-state index contributed by atoms with van der Waals surface area (Å²) < 4.78 is 63.7. The van der Waals surface area contributed by atoms with Gasteiger partial charge in [-0.15, -0.1) is 0 Å². The van der Waals surface area contributed by atoms with Crippen LogP contribution in [0.2, 0.25) is 0 Å². The molecule has 9 heteroatoms. The van der Waals surface area contributed by atoms with Crippen molar-refractivity contribution in [3.63, 3.8) is 0 Å². The summed E-state index contributed by atoms with van der Waals surface area (Å²) in [5.74, 6) is 0.702. The number of nitrogens with one attached hydrogen (secondary N) is 1. The Balaban J connectivity index is 1.60. The Morgan fingerprint density at radius 1 is 0.939 bits per heavy atom. The summed E-state index contributed by atoms with van der Waals surface area (Å²) in [6.45, 7) is 1.83. The van der Waals surface area contributed by atoms with E-state index in [9.17, 15) is 17.6 Å². The highest BCUT2D eigenvalue weighted by Crippen LogP contribution is 2.36. The van der Waals surface area contributed by atoms with Gasteiger partial charge in [-0.05, 0) is 48.4 Å². The first-order chi connectivity index (χ1) is 15.7. The third-order valence-electron chi connectivity index (χ3n) is 4.97. The Bertz CT molecular complexity index is 1290. The van der Waals surface area contributed by atoms with Gasteiger partial charge in [0.1, 0.15) is 24.6 Å². The average molecular weight is 457 g/mol. The summed E-state index contributed by atoms with van der Waals surface area (Å²) >= 11 is 0. The average Bonchev–Trinajstić information content (AvgIpc) is 2.78. The van der Waals surface area contributed by atoms with Crippen molar-refractivity contribution < 1.29 is 27.0 Å². The number of hydrogen-bond donors (Lipinski definition) is 1. The van der Waals surface area contributed by atoms with E-state index in [1.54, 1.807) is 31.2 Å². The molecule has 0 aliphatic rings. The van der Waals surface area contributed by atoms with Crippen LogP contribution in [0.3, 0.4) is 0 Å². The third-order valence-corrected chi connectivity index (χ3v) is 4.97. The lowest BCUT2D eigenvalue weighted by Crippen LogP contribution is -2.05. The van der Waals surface area contributed by atoms with Crippen LogP contribution in [0.15, 0.2) is 60.9 Å². The second kappa shape index (κ2) is 8.93. The number of alkyl halides is 3. The fourth-order valence-electron chi connectivity index (χ4n) is 3.24. The van der Waals surface area contributed by atoms with E-state index < -0.39 is 17.6 Å². The number of methoxy groups -OCH3 is 1. The number of nitrogens with zero attached hydrogens (tertiary/aromatic N) is 2. The normalized spacial score (nSPS) is 11.5. The molecule has 170 valence electrons. The maximum absolute atomic E-state index is 14.3. The van der Waals surface area contributed by atoms with Crippen molar-refractivity contribution in [2.45, 2.75) is 19.7 Å². The number of aromatic nitrogens is 2. The van der Waals surface area contributed by atoms with Crippen LogP contribution in [0.5, 0.6) is 11.5 Å². The molecule has 5 nitrogen and oxygen atoms in total. The lowest BCUT2D eigenvalue weighted by Gasteiger charge is -2.14. The predicted octanol–water partition coefficient (Wildman–Crippen LogP) is 6.43. The molecule has 0 atom stereocenters. The lowest BCUT2D eigenvalue weighted by molar-refractivity contribution is -0.137. The summed E-state index contributed by atoms with van der Waals surface area (Å²) in [7, 11) is 1.46. The molecule has 3 aromatic carbocycles. The van der Waals surface area contributed by atoms with Gasteiger partial charge in [0.15, 0.2) is 11.5 Å². The van der Waals surface area contributed by atoms with Gasteiger partial charge in [0, 0.05) is 11.5 Å². The Labute approximate surface area is 187 Å². The number of benzene rings is 3. The predicted molar refractivity (Wildman–Crippen MR) is 116 cm³/mol. The zero-order chi connectivity index (χ0) is 23.6. The molecule has 0 spiro atoms. The van der Waals surface area contributed by atoms with E-state index >= 15 is 0 Å². The molecule has 0 amide bonds. The van der Waals surface area contributed by atoms with E-state index in [4.69, 9.17) is 9.47 Å². The molecule has 33 heavy (non-hydrogen) atoms. The monoisotopic (exact) mass is 457 g/mol. The Kier molecular flexibility index (Phi) is 6.04. The molecule has 0 aliphatic carbocycles. The molecule has 0 unspecified atom stereocenters. The molecule has 1 heterocycles. The Morgan fingerprint density at radius 2 is 1.70 bits per heavy atom. The highest BCUT2D eigenvalue weighted by atomic mass is 19.4. The van der Waals surface area contributed by atoms with E-state index in [0.717, 1.165) is 17.7 Å². The van der Waals surface area contributed by atoms with Crippen LogP contribution in [0.4, 0.5) is 29.1 Å². The lowest BCUT2D eigenvalue weighted by atomic mass is 10.1. The van der Waals surface area contributed by atoms with Gasteiger partial charge in [0.05, 0.1) is 23.9 Å². The van der Waals surface area contributed by atoms with Crippen molar-refractivity contribution in [2.24, 2.45) is 0 Å². The molecule has 0 radical (unpaired) electrons. The van der Waals surface area contributed by atoms with Crippen molar-refractivity contribution in [1.82, 2.24) is 9.97 Å². The Hall–Kier alpha value is -3.88. The first-order valence-electron chi connectivity index (χ1n) is 9.89. The number of anilines is 2. The fourth-order valence-corrected chi connectivity index (χ4v) is 3.24. The first kappa shape index (κ1) is 22.3. The van der Waals surface area contributed by atoms with Gasteiger partial charge >= 0.3 is 6.18 Å². The van der Waals surface area contributed by atoms with Gasteiger partial charge in [-0.2, -0.15) is 13.2 Å². The maximum Gasteiger partial charge on any atom is 0.416 e. The van der Waals surface area contributed by atoms with E-state index in [1.807, 2.05) is 0 Å². The number of ether oxygens (including phenoxy) is 2. The standard InChI is InChI=1S/C24H19F4N3O2/c1-14-3-8-19(18(25)9-14)31-23-17-10-21(32-2)22(11-20(17)29-13-30-23)33-12-15-4-6-16(7-5-15)24(26,27)28/h3-11,13H,12H2,1-2H3,(H,29,30,31). The quantitative estimate of drug-likeness (QED) is 0.338. The topological polar surface area (TPSA) is 56.3 Å². The first-order valence-corrected chi connectivity index (χ1v) is 9.89. The molecule has 0 bridgehead atoms. The highest BCUT2D eigenvalue weighted by molar-refractivity contribution is 5.93. The maximum atomic E-state index is 14.3. The van der Waals surface area contributed by atoms with Gasteiger partial charge in [-0.25, -0.2) is 14.4 Å². The van der Waals surface area contributed by atoms with Gasteiger partial charge < -0.3 is 14.8 Å². The number of rotatable bonds is 6. The third kappa shape index (κ3) is 4.97. The van der Waals surface area contributed by atoms with Crippen LogP contribution in [-0.4, -0.2) is 17.1 Å². The molecular weight excluding hydrogens is 438 g/mol. The molecular formula is C24H19F4N3O2. The minimum Gasteiger partial charge on any atom is -0.493 e. The number of hydrogen-bond acceptors (Lipinski definition) is 5. The fraction of sp³-hybridized carbons (Fsp3) is 0.167. The van der Waals surface area contributed by atoms with Gasteiger partial charge in [0.2, 0.25) is 0 Å². The zero-order valence-corrected chi connectivity index (χ0v) is 17.7. The summed E-state index contributed by atoms with van der Waals surface area (Å²) in [5.41, 5.74) is 1.41. The Morgan fingerprint density at radius 3 is 2.36 bits per heavy atom. The van der Waals surface area contributed by atoms with Crippen molar-refractivity contribution in [2.75, 3.05) is 12.4 Å². The van der Waals surface area contributed by atoms with Crippen LogP contribution < -0.4 is 14.8 Å². The van der Waals surface area contributed by atoms with E-state index in [2.05, 4.69) is 15.3 Å². The van der Waals surface area contributed by atoms with Crippen LogP contribution >= 0.6 is 0 Å². The van der Waals surface area contributed by atoms with Crippen LogP contribution in [0.25, 0.3) is 10.9 Å². The molecule has 4 aromatic rings. The summed E-state index contributed by atoms with van der Waals surface area (Å²) in [4.78, 5) is 8.46. The highest BCUT2D eigenvalue weighted by Gasteiger charge is 2.29. The second-order valence-corrected chi connectivity index (χ2v) is 7.33. The zero-order valence-electron chi connectivity index (χ0n) is 17.7. The number of halogens is 4. The van der Waals surface area contributed by atoms with Crippen molar-refractivity contribution in [1.29, 1.82) is 0 Å². The smallest absolute Gasteiger partial charge is 0.416 e. The van der Waals surface area contributed by atoms with Crippen molar-refractivity contribution >= 4 is 22.4 Å². The van der Waals surface area contributed by atoms with E-state index in [0.29, 0.717) is 33.8 Å². The summed E-state index contributed by atoms with van der Waals surface area (Å²) in [6.07, 6.45) is -3.06. The minimum absolute atomic E-state index is 0.0325. The van der Waals surface area contributed by atoms with Gasteiger partial charge in [-0.1, -0.05) is 18.2 Å². The molecule has 0 saturated heterocycles. The van der Waals surface area contributed by atoms with E-state index in [1.165, 1.54) is 31.6 Å². The van der Waals surface area contributed by atoms with Crippen molar-refractivity contribution in [3.8, 4) is 11.5 Å².